The van der Waals surface area contributed by atoms with Crippen LogP contribution in [0.1, 0.15) is 61.8 Å². The molecule has 0 unspecified atom stereocenters. The zero-order valence-corrected chi connectivity index (χ0v) is 18.3. The molecule has 0 aliphatic rings. The number of unbranched alkanes of at least 4 members (excludes halogenated alkanes) is 2. The molecule has 0 fully saturated rings. The molecule has 0 atom stereocenters. The zero-order chi connectivity index (χ0) is 20.8. The van der Waals surface area contributed by atoms with Gasteiger partial charge < -0.3 is 4.42 Å². The van der Waals surface area contributed by atoms with E-state index in [1.807, 2.05) is 6.26 Å². The predicted molar refractivity (Wildman–Crippen MR) is 128 cm³/mol. The van der Waals surface area contributed by atoms with E-state index in [4.69, 9.17) is 4.42 Å². The van der Waals surface area contributed by atoms with Gasteiger partial charge in [-0.3, -0.25) is 0 Å². The molecule has 0 bridgehead atoms. The van der Waals surface area contributed by atoms with Gasteiger partial charge in [0.25, 0.3) is 0 Å². The molecule has 1 nitrogen and oxygen atoms in total. The molecule has 4 aromatic rings. The van der Waals surface area contributed by atoms with Crippen molar-refractivity contribution < 1.29 is 4.42 Å². The first kappa shape index (κ1) is 20.5. The van der Waals surface area contributed by atoms with Gasteiger partial charge in [0.2, 0.25) is 0 Å². The largest absolute Gasteiger partial charge is 0.464 e. The summed E-state index contributed by atoms with van der Waals surface area (Å²) in [6.07, 6.45) is 10.2. The van der Waals surface area contributed by atoms with Crippen LogP contribution in [0, 0.1) is 0 Å². The fourth-order valence-electron chi connectivity index (χ4n) is 4.34. The lowest BCUT2D eigenvalue weighted by molar-refractivity contribution is 0.611. The lowest BCUT2D eigenvalue weighted by atomic mass is 9.89. The fraction of sp³-hybridized carbons (Fsp3) is 0.310. The molecule has 0 amide bonds. The molecule has 1 heteroatoms. The van der Waals surface area contributed by atoms with Gasteiger partial charge in [0, 0.05) is 17.4 Å². The Kier molecular flexibility index (Phi) is 6.69. The first-order valence-electron chi connectivity index (χ1n) is 11.4. The predicted octanol–water partition coefficient (Wildman–Crippen LogP) is 8.38. The number of aryl methyl sites for hydroxylation is 2. The van der Waals surface area contributed by atoms with Crippen LogP contribution in [0.2, 0.25) is 0 Å². The molecule has 0 saturated heterocycles. The molecule has 0 aliphatic carbocycles. The third-order valence-corrected chi connectivity index (χ3v) is 6.10. The Morgan fingerprint density at radius 2 is 1.37 bits per heavy atom. The van der Waals surface area contributed by atoms with Crippen LogP contribution in [0.25, 0.3) is 22.1 Å². The second-order valence-corrected chi connectivity index (χ2v) is 8.28. The van der Waals surface area contributed by atoms with Gasteiger partial charge in [0.1, 0.15) is 5.58 Å². The van der Waals surface area contributed by atoms with Gasteiger partial charge in [-0.2, -0.15) is 0 Å². The topological polar surface area (TPSA) is 13.1 Å². The minimum atomic E-state index is 0.949. The Hall–Kier alpha value is -2.80. The summed E-state index contributed by atoms with van der Waals surface area (Å²) in [5, 5.41) is 1.24. The van der Waals surface area contributed by atoms with E-state index >= 15 is 0 Å². The molecular formula is C29H32O. The van der Waals surface area contributed by atoms with Gasteiger partial charge in [-0.1, -0.05) is 81.3 Å². The van der Waals surface area contributed by atoms with Crippen molar-refractivity contribution in [3.05, 3.63) is 95.2 Å². The molecule has 1 aromatic heterocycles. The maximum atomic E-state index is 5.95. The highest BCUT2D eigenvalue weighted by Gasteiger charge is 2.14. The van der Waals surface area contributed by atoms with Crippen molar-refractivity contribution in [3.8, 4) is 11.1 Å². The smallest absolute Gasteiger partial charge is 0.134 e. The van der Waals surface area contributed by atoms with Gasteiger partial charge in [-0.15, -0.1) is 0 Å². The van der Waals surface area contributed by atoms with Crippen LogP contribution in [-0.4, -0.2) is 0 Å². The maximum Gasteiger partial charge on any atom is 0.134 e. The van der Waals surface area contributed by atoms with Crippen LogP contribution in [0.4, 0.5) is 0 Å². The van der Waals surface area contributed by atoms with E-state index in [-0.39, 0.29) is 0 Å². The third kappa shape index (κ3) is 4.51. The third-order valence-electron chi connectivity index (χ3n) is 6.10. The summed E-state index contributed by atoms with van der Waals surface area (Å²) in [5.41, 5.74) is 9.32. The van der Waals surface area contributed by atoms with E-state index in [1.165, 1.54) is 64.5 Å². The summed E-state index contributed by atoms with van der Waals surface area (Å²) < 4.78 is 5.95. The van der Waals surface area contributed by atoms with Crippen LogP contribution >= 0.6 is 0 Å². The number of furan rings is 1. The van der Waals surface area contributed by atoms with Crippen LogP contribution in [0.3, 0.4) is 0 Å². The van der Waals surface area contributed by atoms with Crippen LogP contribution in [0.15, 0.2) is 77.4 Å². The molecule has 1 heterocycles. The van der Waals surface area contributed by atoms with Crippen LogP contribution in [0.5, 0.6) is 0 Å². The van der Waals surface area contributed by atoms with Gasteiger partial charge in [0.05, 0.1) is 6.26 Å². The first-order chi connectivity index (χ1) is 14.8. The average Bonchev–Trinajstić information content (AvgIpc) is 3.20. The summed E-state index contributed by atoms with van der Waals surface area (Å²) in [5.74, 6) is 0. The summed E-state index contributed by atoms with van der Waals surface area (Å²) in [7, 11) is 0. The number of fused-ring (bicyclic) bond motifs is 1. The van der Waals surface area contributed by atoms with Gasteiger partial charge in [0.15, 0.2) is 0 Å². The van der Waals surface area contributed by atoms with Crippen molar-refractivity contribution in [3.63, 3.8) is 0 Å². The van der Waals surface area contributed by atoms with Crippen molar-refractivity contribution in [2.45, 2.75) is 58.8 Å². The molecule has 0 spiro atoms. The second-order valence-electron chi connectivity index (χ2n) is 8.28. The van der Waals surface area contributed by atoms with Crippen molar-refractivity contribution in [1.82, 2.24) is 0 Å². The Labute approximate surface area is 180 Å². The minimum Gasteiger partial charge on any atom is -0.464 e. The quantitative estimate of drug-likeness (QED) is 0.277. The number of benzene rings is 3. The summed E-state index contributed by atoms with van der Waals surface area (Å²) in [6, 6.07) is 24.1. The van der Waals surface area contributed by atoms with Crippen molar-refractivity contribution in [1.29, 1.82) is 0 Å². The van der Waals surface area contributed by atoms with Gasteiger partial charge >= 0.3 is 0 Å². The minimum absolute atomic E-state index is 0.949. The van der Waals surface area contributed by atoms with E-state index in [9.17, 15) is 0 Å². The highest BCUT2D eigenvalue weighted by Crippen LogP contribution is 2.31. The van der Waals surface area contributed by atoms with E-state index in [0.29, 0.717) is 0 Å². The van der Waals surface area contributed by atoms with Gasteiger partial charge in [-0.25, -0.2) is 0 Å². The highest BCUT2D eigenvalue weighted by molar-refractivity contribution is 5.86. The number of hydrogen-bond acceptors (Lipinski definition) is 1. The first-order valence-corrected chi connectivity index (χ1v) is 11.4. The molecule has 4 rings (SSSR count). The molecule has 154 valence electrons. The van der Waals surface area contributed by atoms with Crippen molar-refractivity contribution >= 4 is 11.0 Å². The lowest BCUT2D eigenvalue weighted by Gasteiger charge is -2.15. The van der Waals surface area contributed by atoms with Crippen molar-refractivity contribution in [2.24, 2.45) is 0 Å². The summed E-state index contributed by atoms with van der Waals surface area (Å²) in [6.45, 7) is 4.55. The maximum absolute atomic E-state index is 5.95. The fourth-order valence-corrected chi connectivity index (χ4v) is 4.34. The zero-order valence-electron chi connectivity index (χ0n) is 18.3. The van der Waals surface area contributed by atoms with E-state index < -0.39 is 0 Å². The van der Waals surface area contributed by atoms with Crippen LogP contribution < -0.4 is 0 Å². The Morgan fingerprint density at radius 3 is 2.03 bits per heavy atom. The highest BCUT2D eigenvalue weighted by atomic mass is 16.3. The molecule has 0 N–H and O–H groups in total. The Balaban J connectivity index is 1.73. The van der Waals surface area contributed by atoms with E-state index in [0.717, 1.165) is 24.8 Å². The number of rotatable bonds is 9. The van der Waals surface area contributed by atoms with Crippen molar-refractivity contribution in [2.75, 3.05) is 0 Å². The SMILES string of the molecule is CCCCc1cccc(CCCC)c1Cc1coc2ccc(-c3ccccc3)cc12. The second kappa shape index (κ2) is 9.80. The molecule has 30 heavy (non-hydrogen) atoms. The average molecular weight is 397 g/mol. The molecule has 3 aromatic carbocycles. The standard InChI is InChI=1S/C29H32O/c1-3-5-11-23-15-10-16-24(12-6-4-2)27(23)20-26-21-30-29-18-17-25(19-28(26)29)22-13-8-7-9-14-22/h7-10,13-19,21H,3-6,11-12,20H2,1-2H3. The molecule has 0 radical (unpaired) electrons. The van der Waals surface area contributed by atoms with E-state index in [2.05, 4.69) is 80.6 Å². The number of hydrogen-bond donors (Lipinski definition) is 0. The summed E-state index contributed by atoms with van der Waals surface area (Å²) in [4.78, 5) is 0. The Bertz CT molecular complexity index is 1060. The Morgan fingerprint density at radius 1 is 0.667 bits per heavy atom. The molecule has 0 aliphatic heterocycles. The normalized spacial score (nSPS) is 11.3. The van der Waals surface area contributed by atoms with E-state index in [1.54, 1.807) is 0 Å². The molecule has 0 saturated carbocycles. The molecular weight excluding hydrogens is 364 g/mol. The monoisotopic (exact) mass is 396 g/mol. The lowest BCUT2D eigenvalue weighted by Crippen LogP contribution is -2.02. The van der Waals surface area contributed by atoms with Crippen LogP contribution in [-0.2, 0) is 19.3 Å². The summed E-state index contributed by atoms with van der Waals surface area (Å²) >= 11 is 0. The van der Waals surface area contributed by atoms with Gasteiger partial charge in [-0.05, 0) is 65.6 Å².